The number of ether oxygens (including phenoxy) is 3. The summed E-state index contributed by atoms with van der Waals surface area (Å²) in [6.07, 6.45) is 10.7. The lowest BCUT2D eigenvalue weighted by Crippen LogP contribution is -2.69. The lowest BCUT2D eigenvalue weighted by molar-refractivity contribution is -0.169. The maximum atomic E-state index is 6.14. The molecule has 0 aromatic heterocycles. The molecule has 0 bridgehead atoms. The molecule has 2 saturated carbocycles. The molecule has 0 aromatic carbocycles. The van der Waals surface area contributed by atoms with Crippen molar-refractivity contribution in [2.75, 3.05) is 39.5 Å². The van der Waals surface area contributed by atoms with Gasteiger partial charge in [0.2, 0.25) is 0 Å². The summed E-state index contributed by atoms with van der Waals surface area (Å²) in [5.74, 6) is 1.10. The number of aliphatic imine (C=N–C) groups is 1. The predicted octanol–water partition coefficient (Wildman–Crippen LogP) is 2.96. The van der Waals surface area contributed by atoms with Gasteiger partial charge >= 0.3 is 0 Å². The Bertz CT molecular complexity index is 523. The fourth-order valence-corrected chi connectivity index (χ4v) is 5.44. The third kappa shape index (κ3) is 4.19. The van der Waals surface area contributed by atoms with Gasteiger partial charge in [-0.05, 0) is 58.8 Å². The van der Waals surface area contributed by atoms with E-state index < -0.39 is 0 Å². The van der Waals surface area contributed by atoms with Crippen molar-refractivity contribution in [2.45, 2.75) is 89.6 Å². The van der Waals surface area contributed by atoms with Crippen molar-refractivity contribution in [2.24, 2.45) is 10.4 Å². The van der Waals surface area contributed by atoms with Crippen LogP contribution in [0.3, 0.4) is 0 Å². The number of hydrogen-bond acceptors (Lipinski definition) is 4. The topological polar surface area (TPSA) is 55.3 Å². The molecule has 3 unspecified atom stereocenters. The number of nitrogens with zero attached hydrogens (tertiary/aromatic N) is 2. The molecule has 0 radical (unpaired) electrons. The highest BCUT2D eigenvalue weighted by molar-refractivity contribution is 5.80. The van der Waals surface area contributed by atoms with Crippen molar-refractivity contribution in [1.82, 2.24) is 10.2 Å². The van der Waals surface area contributed by atoms with Gasteiger partial charge in [0.25, 0.3) is 0 Å². The lowest BCUT2D eigenvalue weighted by atomic mass is 9.51. The average molecular weight is 394 g/mol. The van der Waals surface area contributed by atoms with Crippen LogP contribution in [0.15, 0.2) is 4.99 Å². The molecule has 6 heteroatoms. The van der Waals surface area contributed by atoms with Crippen LogP contribution in [-0.4, -0.2) is 74.7 Å². The van der Waals surface area contributed by atoms with Gasteiger partial charge in [0.05, 0.1) is 24.9 Å². The number of rotatable bonds is 7. The molecule has 4 rings (SSSR count). The smallest absolute Gasteiger partial charge is 0.194 e. The SMILES string of the molecule is CCN=C(NC1CC(OCC)C12CCC2)N1CCC(OCC2CCCO2)CC1. The van der Waals surface area contributed by atoms with E-state index >= 15 is 0 Å². The molecule has 160 valence electrons. The van der Waals surface area contributed by atoms with E-state index in [1.54, 1.807) is 0 Å². The van der Waals surface area contributed by atoms with Crippen molar-refractivity contribution >= 4 is 5.96 Å². The third-order valence-corrected chi connectivity index (χ3v) is 7.33. The second kappa shape index (κ2) is 9.31. The Hall–Kier alpha value is -0.850. The number of hydrogen-bond donors (Lipinski definition) is 1. The number of nitrogens with one attached hydrogen (secondary N) is 1. The van der Waals surface area contributed by atoms with E-state index in [0.29, 0.717) is 29.8 Å². The van der Waals surface area contributed by atoms with Crippen LogP contribution in [-0.2, 0) is 14.2 Å². The fraction of sp³-hybridized carbons (Fsp3) is 0.955. The van der Waals surface area contributed by atoms with Crippen molar-refractivity contribution in [3.05, 3.63) is 0 Å². The highest BCUT2D eigenvalue weighted by Crippen LogP contribution is 2.57. The monoisotopic (exact) mass is 393 g/mol. The quantitative estimate of drug-likeness (QED) is 0.532. The Morgan fingerprint density at radius 3 is 2.57 bits per heavy atom. The maximum absolute atomic E-state index is 6.14. The molecule has 2 heterocycles. The second-order valence-electron chi connectivity index (χ2n) is 8.92. The number of likely N-dealkylation sites (tertiary alicyclic amines) is 1. The molecule has 6 nitrogen and oxygen atoms in total. The van der Waals surface area contributed by atoms with Crippen molar-refractivity contribution < 1.29 is 14.2 Å². The van der Waals surface area contributed by atoms with Gasteiger partial charge in [0.1, 0.15) is 0 Å². The molecule has 4 aliphatic rings. The van der Waals surface area contributed by atoms with Crippen LogP contribution in [0.5, 0.6) is 0 Å². The van der Waals surface area contributed by atoms with Crippen LogP contribution in [0, 0.1) is 5.41 Å². The highest BCUT2D eigenvalue weighted by atomic mass is 16.5. The van der Waals surface area contributed by atoms with E-state index in [1.165, 1.54) is 25.7 Å². The van der Waals surface area contributed by atoms with Gasteiger partial charge in [-0.1, -0.05) is 6.42 Å². The summed E-state index contributed by atoms with van der Waals surface area (Å²) in [6.45, 7) is 9.61. The summed E-state index contributed by atoms with van der Waals surface area (Å²) < 4.78 is 17.8. The third-order valence-electron chi connectivity index (χ3n) is 7.33. The lowest BCUT2D eigenvalue weighted by Gasteiger charge is -2.61. The van der Waals surface area contributed by atoms with Crippen LogP contribution in [0.1, 0.15) is 65.2 Å². The Balaban J connectivity index is 1.26. The standard InChI is InChI=1S/C22H39N3O3/c1-3-23-21(24-19-15-20(26-4-2)22(19)10-6-11-22)25-12-8-17(9-13-25)28-16-18-7-5-14-27-18/h17-20H,3-16H2,1-2H3,(H,23,24). The van der Waals surface area contributed by atoms with Gasteiger partial charge in [-0.3, -0.25) is 4.99 Å². The second-order valence-corrected chi connectivity index (χ2v) is 8.92. The molecule has 28 heavy (non-hydrogen) atoms. The molecule has 4 fully saturated rings. The number of guanidine groups is 1. The highest BCUT2D eigenvalue weighted by Gasteiger charge is 2.59. The first-order valence-corrected chi connectivity index (χ1v) is 11.7. The van der Waals surface area contributed by atoms with Crippen LogP contribution >= 0.6 is 0 Å². The van der Waals surface area contributed by atoms with E-state index in [9.17, 15) is 0 Å². The molecule has 2 saturated heterocycles. The van der Waals surface area contributed by atoms with Gasteiger partial charge in [-0.2, -0.15) is 0 Å². The van der Waals surface area contributed by atoms with Crippen LogP contribution < -0.4 is 5.32 Å². The maximum Gasteiger partial charge on any atom is 0.194 e. The summed E-state index contributed by atoms with van der Waals surface area (Å²) in [5.41, 5.74) is 0.368. The summed E-state index contributed by atoms with van der Waals surface area (Å²) >= 11 is 0. The summed E-state index contributed by atoms with van der Waals surface area (Å²) in [4.78, 5) is 7.27. The van der Waals surface area contributed by atoms with Crippen molar-refractivity contribution in [1.29, 1.82) is 0 Å². The molecule has 2 aliphatic carbocycles. The number of piperidine rings is 1. The normalized spacial score (nSPS) is 33.0. The van der Waals surface area contributed by atoms with Gasteiger partial charge < -0.3 is 24.4 Å². The van der Waals surface area contributed by atoms with E-state index in [1.807, 2.05) is 0 Å². The molecule has 1 spiro atoms. The minimum atomic E-state index is 0.326. The Morgan fingerprint density at radius 2 is 1.96 bits per heavy atom. The Labute approximate surface area is 170 Å². The van der Waals surface area contributed by atoms with Crippen LogP contribution in [0.25, 0.3) is 0 Å². The van der Waals surface area contributed by atoms with E-state index in [0.717, 1.165) is 71.1 Å². The van der Waals surface area contributed by atoms with Crippen LogP contribution in [0.4, 0.5) is 0 Å². The van der Waals surface area contributed by atoms with Crippen LogP contribution in [0.2, 0.25) is 0 Å². The Kier molecular flexibility index (Phi) is 6.79. The molecule has 2 aliphatic heterocycles. The first-order chi connectivity index (χ1) is 13.7. The van der Waals surface area contributed by atoms with Gasteiger partial charge in [-0.25, -0.2) is 0 Å². The first-order valence-electron chi connectivity index (χ1n) is 11.7. The van der Waals surface area contributed by atoms with Crippen molar-refractivity contribution in [3.8, 4) is 0 Å². The van der Waals surface area contributed by atoms with Gasteiger partial charge in [0.15, 0.2) is 5.96 Å². The molecular weight excluding hydrogens is 354 g/mol. The summed E-state index contributed by atoms with van der Waals surface area (Å²) in [7, 11) is 0. The van der Waals surface area contributed by atoms with Crippen molar-refractivity contribution in [3.63, 3.8) is 0 Å². The molecule has 1 N–H and O–H groups in total. The zero-order valence-corrected chi connectivity index (χ0v) is 17.8. The Morgan fingerprint density at radius 1 is 1.14 bits per heavy atom. The minimum absolute atomic E-state index is 0.326. The van der Waals surface area contributed by atoms with Gasteiger partial charge in [-0.15, -0.1) is 0 Å². The van der Waals surface area contributed by atoms with E-state index in [2.05, 4.69) is 24.1 Å². The minimum Gasteiger partial charge on any atom is -0.378 e. The molecule has 0 amide bonds. The van der Waals surface area contributed by atoms with E-state index in [4.69, 9.17) is 19.2 Å². The summed E-state index contributed by atoms with van der Waals surface area (Å²) in [6, 6.07) is 0.525. The van der Waals surface area contributed by atoms with E-state index in [-0.39, 0.29) is 0 Å². The zero-order valence-electron chi connectivity index (χ0n) is 17.8. The average Bonchev–Trinajstić information content (AvgIpc) is 3.17. The fourth-order valence-electron chi connectivity index (χ4n) is 5.44. The molecular formula is C22H39N3O3. The summed E-state index contributed by atoms with van der Waals surface area (Å²) in [5, 5.41) is 3.83. The predicted molar refractivity (Wildman–Crippen MR) is 111 cm³/mol. The molecule has 3 atom stereocenters. The first kappa shape index (κ1) is 20.4. The zero-order chi connectivity index (χ0) is 19.4. The van der Waals surface area contributed by atoms with Gasteiger partial charge in [0, 0.05) is 44.3 Å². The largest absolute Gasteiger partial charge is 0.378 e. The molecule has 0 aromatic rings.